The predicted molar refractivity (Wildman–Crippen MR) is 119 cm³/mol. The van der Waals surface area contributed by atoms with Gasteiger partial charge in [-0.05, 0) is 54.8 Å². The molecule has 3 heterocycles. The summed E-state index contributed by atoms with van der Waals surface area (Å²) in [6.07, 6.45) is 2.07. The van der Waals surface area contributed by atoms with Crippen LogP contribution in [0.5, 0.6) is 0 Å². The van der Waals surface area contributed by atoms with E-state index in [1.165, 1.54) is 29.8 Å². The summed E-state index contributed by atoms with van der Waals surface area (Å²) in [7, 11) is 0. The number of H-pyrrole nitrogens is 1. The topological polar surface area (TPSA) is 51.4 Å². The molecular weight excluding hydrogens is 360 g/mol. The van der Waals surface area contributed by atoms with Crippen LogP contribution in [0.4, 0.5) is 5.69 Å². The maximum Gasteiger partial charge on any atom is 0.251 e. The first-order chi connectivity index (χ1) is 14.2. The lowest BCUT2D eigenvalue weighted by Crippen LogP contribution is -2.46. The van der Waals surface area contributed by atoms with Crippen LogP contribution in [-0.4, -0.2) is 55.1 Å². The van der Waals surface area contributed by atoms with Crippen molar-refractivity contribution in [2.45, 2.75) is 19.8 Å². The number of piperazine rings is 1. The average Bonchev–Trinajstić information content (AvgIpc) is 3.04. The molecule has 0 unspecified atom stereocenters. The highest BCUT2D eigenvalue weighted by atomic mass is 16.1. The Balaban J connectivity index is 1.44. The number of rotatable bonds is 4. The Hall–Kier alpha value is -2.79. The molecule has 2 aromatic carbocycles. The number of aromatic nitrogens is 1. The van der Waals surface area contributed by atoms with E-state index in [1.54, 1.807) is 0 Å². The first-order valence-electron chi connectivity index (χ1n) is 10.7. The smallest absolute Gasteiger partial charge is 0.251 e. The van der Waals surface area contributed by atoms with Crippen LogP contribution >= 0.6 is 0 Å². The Bertz CT molecular complexity index is 1030. The van der Waals surface area contributed by atoms with Crippen molar-refractivity contribution < 1.29 is 4.79 Å². The largest absolute Gasteiger partial charge is 0.369 e. The quantitative estimate of drug-likeness (QED) is 0.717. The van der Waals surface area contributed by atoms with Gasteiger partial charge in [-0.1, -0.05) is 25.1 Å². The van der Waals surface area contributed by atoms with E-state index in [-0.39, 0.29) is 5.91 Å². The molecule has 29 heavy (non-hydrogen) atoms. The van der Waals surface area contributed by atoms with E-state index in [0.29, 0.717) is 6.54 Å². The third kappa shape index (κ3) is 3.29. The second-order valence-electron chi connectivity index (χ2n) is 8.09. The molecule has 3 aromatic rings. The zero-order valence-electron chi connectivity index (χ0n) is 17.0. The molecule has 1 aromatic heterocycles. The number of benzene rings is 2. The summed E-state index contributed by atoms with van der Waals surface area (Å²) < 4.78 is 0. The van der Waals surface area contributed by atoms with Crippen LogP contribution in [0.2, 0.25) is 0 Å². The molecule has 0 aliphatic carbocycles. The second-order valence-corrected chi connectivity index (χ2v) is 8.09. The van der Waals surface area contributed by atoms with Gasteiger partial charge in [0.1, 0.15) is 0 Å². The molecule has 0 spiro atoms. The van der Waals surface area contributed by atoms with E-state index in [2.05, 4.69) is 57.4 Å². The maximum absolute atomic E-state index is 12.4. The van der Waals surface area contributed by atoms with E-state index >= 15 is 0 Å². The van der Waals surface area contributed by atoms with Gasteiger partial charge in [0.05, 0.1) is 0 Å². The molecule has 2 N–H and O–H groups in total. The van der Waals surface area contributed by atoms with Gasteiger partial charge in [0, 0.05) is 60.6 Å². The van der Waals surface area contributed by atoms with Crippen LogP contribution in [0.15, 0.2) is 42.5 Å². The van der Waals surface area contributed by atoms with E-state index in [1.807, 2.05) is 12.1 Å². The Morgan fingerprint density at radius 1 is 1.00 bits per heavy atom. The van der Waals surface area contributed by atoms with Crippen molar-refractivity contribution in [2.75, 3.05) is 44.2 Å². The van der Waals surface area contributed by atoms with Gasteiger partial charge < -0.3 is 15.2 Å². The number of nitrogens with one attached hydrogen (secondary N) is 2. The molecule has 1 amide bonds. The highest BCUT2D eigenvalue weighted by molar-refractivity contribution is 6.10. The number of aromatic amines is 1. The Labute approximate surface area is 171 Å². The monoisotopic (exact) mass is 388 g/mol. The van der Waals surface area contributed by atoms with E-state index in [0.717, 1.165) is 54.8 Å². The zero-order valence-corrected chi connectivity index (χ0v) is 17.0. The fourth-order valence-electron chi connectivity index (χ4n) is 4.78. The summed E-state index contributed by atoms with van der Waals surface area (Å²) in [6, 6.07) is 14.9. The van der Waals surface area contributed by atoms with Crippen LogP contribution < -0.4 is 10.2 Å². The summed E-state index contributed by atoms with van der Waals surface area (Å²) in [6.45, 7) is 8.60. The molecule has 5 nitrogen and oxygen atoms in total. The molecule has 2 aliphatic heterocycles. The Morgan fingerprint density at radius 2 is 1.79 bits per heavy atom. The lowest BCUT2D eigenvalue weighted by molar-refractivity contribution is 0.0957. The summed E-state index contributed by atoms with van der Waals surface area (Å²) >= 11 is 0. The van der Waals surface area contributed by atoms with Gasteiger partial charge in [-0.15, -0.1) is 0 Å². The molecule has 0 radical (unpaired) electrons. The number of carbonyl (C=O) groups excluding carboxylic acids is 1. The molecular formula is C24H28N4O. The van der Waals surface area contributed by atoms with Crippen molar-refractivity contribution in [1.29, 1.82) is 0 Å². The molecule has 5 rings (SSSR count). The lowest BCUT2D eigenvalue weighted by Gasteiger charge is -2.36. The van der Waals surface area contributed by atoms with Crippen molar-refractivity contribution in [1.82, 2.24) is 15.2 Å². The number of hydrogen-bond donors (Lipinski definition) is 2. The van der Waals surface area contributed by atoms with Gasteiger partial charge in [0.2, 0.25) is 0 Å². The standard InChI is InChI=1S/C24H28N4O/c1-2-12-27-13-15-28(16-14-27)18-8-6-17(7-9-18)23-19-10-11-25-24(29)20-4-3-5-21(26-23)22(19)20/h3-9,26H,2,10-16H2,1H3,(H,25,29). The number of hydrogen-bond acceptors (Lipinski definition) is 3. The maximum atomic E-state index is 12.4. The summed E-state index contributed by atoms with van der Waals surface area (Å²) in [4.78, 5) is 21.0. The minimum Gasteiger partial charge on any atom is -0.369 e. The van der Waals surface area contributed by atoms with Gasteiger partial charge in [0.25, 0.3) is 5.91 Å². The predicted octanol–water partition coefficient (Wildman–Crippen LogP) is 3.65. The van der Waals surface area contributed by atoms with Crippen molar-refractivity contribution in [2.24, 2.45) is 0 Å². The molecule has 5 heteroatoms. The SMILES string of the molecule is CCCN1CCN(c2ccc(-c3[nH]c4cccc5c4c3CCNC5=O)cc2)CC1. The molecule has 0 atom stereocenters. The Morgan fingerprint density at radius 3 is 2.55 bits per heavy atom. The number of amides is 1. The molecule has 1 saturated heterocycles. The van der Waals surface area contributed by atoms with Crippen LogP contribution in [0.25, 0.3) is 22.2 Å². The zero-order chi connectivity index (χ0) is 19.8. The molecule has 2 aliphatic rings. The van der Waals surface area contributed by atoms with Gasteiger partial charge in [0.15, 0.2) is 0 Å². The number of anilines is 1. The van der Waals surface area contributed by atoms with Crippen molar-refractivity contribution >= 4 is 22.5 Å². The summed E-state index contributed by atoms with van der Waals surface area (Å²) in [5.41, 5.74) is 6.69. The van der Waals surface area contributed by atoms with Crippen LogP contribution in [0.1, 0.15) is 29.3 Å². The number of nitrogens with zero attached hydrogens (tertiary/aromatic N) is 2. The van der Waals surface area contributed by atoms with Crippen molar-refractivity contribution in [3.63, 3.8) is 0 Å². The van der Waals surface area contributed by atoms with Crippen molar-refractivity contribution in [3.8, 4) is 11.3 Å². The third-order valence-electron chi connectivity index (χ3n) is 6.27. The van der Waals surface area contributed by atoms with E-state index in [4.69, 9.17) is 0 Å². The van der Waals surface area contributed by atoms with E-state index in [9.17, 15) is 4.79 Å². The molecule has 0 bridgehead atoms. The Kier molecular flexibility index (Phi) is 4.76. The normalized spacial score (nSPS) is 17.4. The van der Waals surface area contributed by atoms with Gasteiger partial charge in [-0.2, -0.15) is 0 Å². The fraction of sp³-hybridized carbons (Fsp3) is 0.375. The molecule has 150 valence electrons. The average molecular weight is 389 g/mol. The third-order valence-corrected chi connectivity index (χ3v) is 6.27. The fourth-order valence-corrected chi connectivity index (χ4v) is 4.78. The second kappa shape index (κ2) is 7.56. The highest BCUT2D eigenvalue weighted by Gasteiger charge is 2.22. The van der Waals surface area contributed by atoms with Gasteiger partial charge in [-0.3, -0.25) is 9.69 Å². The molecule has 0 saturated carbocycles. The summed E-state index contributed by atoms with van der Waals surface area (Å²) in [5.74, 6) is 0.0254. The van der Waals surface area contributed by atoms with Crippen LogP contribution in [-0.2, 0) is 6.42 Å². The number of carbonyl (C=O) groups is 1. The molecule has 1 fully saturated rings. The van der Waals surface area contributed by atoms with Crippen LogP contribution in [0, 0.1) is 0 Å². The van der Waals surface area contributed by atoms with Gasteiger partial charge >= 0.3 is 0 Å². The summed E-state index contributed by atoms with van der Waals surface area (Å²) in [5, 5.41) is 4.09. The van der Waals surface area contributed by atoms with Gasteiger partial charge in [-0.25, -0.2) is 0 Å². The first kappa shape index (κ1) is 18.3. The lowest BCUT2D eigenvalue weighted by atomic mass is 10.00. The van der Waals surface area contributed by atoms with E-state index < -0.39 is 0 Å². The minimum atomic E-state index is 0.0254. The van der Waals surface area contributed by atoms with Crippen LogP contribution in [0.3, 0.4) is 0 Å². The minimum absolute atomic E-state index is 0.0254. The highest BCUT2D eigenvalue weighted by Crippen LogP contribution is 2.34. The van der Waals surface area contributed by atoms with Crippen molar-refractivity contribution in [3.05, 3.63) is 53.6 Å². The first-order valence-corrected chi connectivity index (χ1v) is 10.7.